The van der Waals surface area contributed by atoms with Crippen molar-refractivity contribution in [3.8, 4) is 11.5 Å². The summed E-state index contributed by atoms with van der Waals surface area (Å²) in [7, 11) is -11.3. The van der Waals surface area contributed by atoms with Gasteiger partial charge in [-0.05, 0) is 60.1 Å². The molecule has 0 saturated heterocycles. The van der Waals surface area contributed by atoms with E-state index in [-0.39, 0.29) is 29.0 Å². The van der Waals surface area contributed by atoms with Crippen molar-refractivity contribution in [2.45, 2.75) is 50.0 Å². The Bertz CT molecular complexity index is 1120. The van der Waals surface area contributed by atoms with Crippen LogP contribution in [-0.4, -0.2) is 52.6 Å². The molecule has 200 valence electrons. The molecule has 2 atom stereocenters. The molecule has 0 radical (unpaired) electrons. The van der Waals surface area contributed by atoms with Gasteiger partial charge in [0.1, 0.15) is 11.5 Å². The van der Waals surface area contributed by atoms with E-state index in [1.54, 1.807) is 24.3 Å². The van der Waals surface area contributed by atoms with Gasteiger partial charge in [-0.15, -0.1) is 0 Å². The van der Waals surface area contributed by atoms with E-state index in [2.05, 4.69) is 10.6 Å². The van der Waals surface area contributed by atoms with Gasteiger partial charge in [-0.3, -0.25) is 9.13 Å². The lowest BCUT2D eigenvalue weighted by atomic mass is 9.78. The van der Waals surface area contributed by atoms with Crippen molar-refractivity contribution in [2.24, 2.45) is 0 Å². The number of hydrogen-bond acceptors (Lipinski definition) is 6. The number of benzene rings is 2. The topological polar surface area (TPSA) is 217 Å². The number of phenolic OH excluding ortho intramolecular Hbond substituents is 2. The number of rotatable bonds is 11. The molecule has 0 bridgehead atoms. The normalized spacial score (nSPS) is 14.2. The van der Waals surface area contributed by atoms with Crippen LogP contribution in [0.2, 0.25) is 0 Å². The number of hydrogen-bond donors (Lipinski definition) is 9. The molecular weight excluding hydrogens is 514 g/mol. The molecule has 0 aromatic heterocycles. The zero-order valence-electron chi connectivity index (χ0n) is 19.8. The Morgan fingerprint density at radius 2 is 1.39 bits per heavy atom. The van der Waals surface area contributed by atoms with Gasteiger partial charge in [0.15, 0.2) is 0 Å². The molecule has 12 nitrogen and oxygen atoms in total. The van der Waals surface area contributed by atoms with Crippen LogP contribution in [0.5, 0.6) is 11.5 Å². The molecule has 2 aromatic carbocycles. The van der Waals surface area contributed by atoms with Gasteiger partial charge in [0, 0.05) is 13.0 Å². The summed E-state index contributed by atoms with van der Waals surface area (Å²) in [4.78, 5) is 49.0. The Hall–Kier alpha value is -2.43. The first-order chi connectivity index (χ1) is 16.6. The molecule has 2 unspecified atom stereocenters. The molecule has 0 aliphatic carbocycles. The second-order valence-corrected chi connectivity index (χ2v) is 12.4. The van der Waals surface area contributed by atoms with Crippen molar-refractivity contribution >= 4 is 26.9 Å². The minimum absolute atomic E-state index is 0.00487. The van der Waals surface area contributed by atoms with Crippen LogP contribution in [0.25, 0.3) is 0 Å². The minimum atomic E-state index is -5.64. The molecule has 9 N–H and O–H groups in total. The van der Waals surface area contributed by atoms with E-state index >= 15 is 0 Å². The summed E-state index contributed by atoms with van der Waals surface area (Å²) in [5.41, 5.74) is 1.89. The fourth-order valence-corrected chi connectivity index (χ4v) is 6.25. The Morgan fingerprint density at radius 1 is 0.889 bits per heavy atom. The molecule has 2 rings (SSSR count). The number of aliphatic hydroxyl groups is 1. The third-order valence-corrected chi connectivity index (χ3v) is 9.94. The van der Waals surface area contributed by atoms with Crippen molar-refractivity contribution in [3.63, 3.8) is 0 Å². The number of anilines is 1. The van der Waals surface area contributed by atoms with Crippen LogP contribution in [0.15, 0.2) is 42.5 Å². The maximum atomic E-state index is 12.3. The standard InChI is InChI=1S/C22H32N2O10P2/c1-3-17(14-5-8-16(25)9-6-14)18(4-2)15-7-10-20(26)19(13-15)24-21(27)23-12-11-22(28,35(29,30)31)36(32,33)34/h5-10,13,17-18,25-26,28H,3-4,11-12H2,1-2H3,(H2,23,24,27)(H2,29,30,31)(H2,32,33,34). The van der Waals surface area contributed by atoms with Gasteiger partial charge in [-0.2, -0.15) is 0 Å². The second-order valence-electron chi connectivity index (χ2n) is 8.39. The number of amides is 2. The predicted octanol–water partition coefficient (Wildman–Crippen LogP) is 3.30. The first-order valence-corrected chi connectivity index (χ1v) is 14.4. The molecule has 0 heterocycles. The van der Waals surface area contributed by atoms with Crippen molar-refractivity contribution in [2.75, 3.05) is 11.9 Å². The van der Waals surface area contributed by atoms with E-state index < -0.39 is 39.3 Å². The zero-order chi connectivity index (χ0) is 27.3. The largest absolute Gasteiger partial charge is 0.508 e. The van der Waals surface area contributed by atoms with E-state index in [0.717, 1.165) is 24.0 Å². The number of nitrogens with one attached hydrogen (secondary N) is 2. The Balaban J connectivity index is 2.17. The van der Waals surface area contributed by atoms with E-state index in [1.165, 1.54) is 6.07 Å². The quantitative estimate of drug-likeness (QED) is 0.148. The third kappa shape index (κ3) is 6.86. The minimum Gasteiger partial charge on any atom is -0.508 e. The highest BCUT2D eigenvalue weighted by atomic mass is 31.2. The average Bonchev–Trinajstić information content (AvgIpc) is 2.78. The monoisotopic (exact) mass is 546 g/mol. The van der Waals surface area contributed by atoms with Gasteiger partial charge in [-0.25, -0.2) is 4.79 Å². The number of phenols is 2. The summed E-state index contributed by atoms with van der Waals surface area (Å²) in [5.74, 6) is -0.00254. The van der Waals surface area contributed by atoms with Gasteiger partial charge < -0.3 is 45.5 Å². The van der Waals surface area contributed by atoms with Crippen LogP contribution >= 0.6 is 15.2 Å². The van der Waals surface area contributed by atoms with E-state index in [9.17, 15) is 48.8 Å². The smallest absolute Gasteiger partial charge is 0.369 e. The van der Waals surface area contributed by atoms with E-state index in [1.807, 2.05) is 26.0 Å². The lowest BCUT2D eigenvalue weighted by molar-refractivity contribution is 0.123. The molecule has 0 aliphatic heterocycles. The fourth-order valence-electron chi connectivity index (χ4n) is 4.08. The van der Waals surface area contributed by atoms with E-state index in [4.69, 9.17) is 0 Å². The second kappa shape index (κ2) is 11.7. The number of carbonyl (C=O) groups is 1. The summed E-state index contributed by atoms with van der Waals surface area (Å²) >= 11 is 0. The summed E-state index contributed by atoms with van der Waals surface area (Å²) in [5, 5.41) is 30.6. The van der Waals surface area contributed by atoms with Crippen molar-refractivity contribution in [1.82, 2.24) is 5.32 Å². The summed E-state index contributed by atoms with van der Waals surface area (Å²) in [6.45, 7) is 3.35. The molecule has 14 heteroatoms. The lowest BCUT2D eigenvalue weighted by Crippen LogP contribution is -2.36. The number of aromatic hydroxyl groups is 2. The van der Waals surface area contributed by atoms with Crippen LogP contribution in [0, 0.1) is 0 Å². The average molecular weight is 546 g/mol. The maximum absolute atomic E-state index is 12.3. The molecule has 2 amide bonds. The summed E-state index contributed by atoms with van der Waals surface area (Å²) in [6, 6.07) is 10.7. The van der Waals surface area contributed by atoms with Gasteiger partial charge in [0.2, 0.25) is 0 Å². The third-order valence-electron chi connectivity index (χ3n) is 6.06. The maximum Gasteiger partial charge on any atom is 0.369 e. The summed E-state index contributed by atoms with van der Waals surface area (Å²) in [6.07, 6.45) is 0.401. The molecular formula is C22H32N2O10P2. The Kier molecular flexibility index (Phi) is 9.72. The van der Waals surface area contributed by atoms with Crippen LogP contribution in [0.1, 0.15) is 56.1 Å². The zero-order valence-corrected chi connectivity index (χ0v) is 21.6. The highest BCUT2D eigenvalue weighted by Gasteiger charge is 2.58. The van der Waals surface area contributed by atoms with Gasteiger partial charge in [0.25, 0.3) is 5.08 Å². The van der Waals surface area contributed by atoms with Gasteiger partial charge in [0.05, 0.1) is 5.69 Å². The van der Waals surface area contributed by atoms with Crippen LogP contribution in [0.3, 0.4) is 0 Å². The van der Waals surface area contributed by atoms with Crippen molar-refractivity contribution < 1.29 is 48.8 Å². The van der Waals surface area contributed by atoms with Crippen molar-refractivity contribution in [3.05, 3.63) is 53.6 Å². The first-order valence-electron chi connectivity index (χ1n) is 11.1. The first kappa shape index (κ1) is 29.8. The SMILES string of the molecule is CCC(c1ccc(O)cc1)C(CC)c1ccc(O)c(NC(=O)NCCC(O)(P(=O)(O)O)P(=O)(O)O)c1. The molecule has 2 aromatic rings. The highest BCUT2D eigenvalue weighted by molar-refractivity contribution is 7.72. The molecule has 0 fully saturated rings. The Morgan fingerprint density at radius 3 is 1.89 bits per heavy atom. The van der Waals surface area contributed by atoms with Crippen molar-refractivity contribution in [1.29, 1.82) is 0 Å². The van der Waals surface area contributed by atoms with E-state index in [0.29, 0.717) is 0 Å². The van der Waals surface area contributed by atoms with Crippen LogP contribution < -0.4 is 10.6 Å². The molecule has 0 aliphatic rings. The molecule has 0 saturated carbocycles. The Labute approximate surface area is 208 Å². The predicted molar refractivity (Wildman–Crippen MR) is 133 cm³/mol. The van der Waals surface area contributed by atoms with Gasteiger partial charge >= 0.3 is 21.2 Å². The van der Waals surface area contributed by atoms with Crippen LogP contribution in [-0.2, 0) is 9.13 Å². The van der Waals surface area contributed by atoms with Crippen LogP contribution in [0.4, 0.5) is 10.5 Å². The van der Waals surface area contributed by atoms with Gasteiger partial charge in [-0.1, -0.05) is 32.0 Å². The fraction of sp³-hybridized carbons (Fsp3) is 0.409. The number of urea groups is 1. The number of carbonyl (C=O) groups excluding carboxylic acids is 1. The lowest BCUT2D eigenvalue weighted by Gasteiger charge is -2.29. The molecule has 0 spiro atoms. The molecule has 36 heavy (non-hydrogen) atoms. The summed E-state index contributed by atoms with van der Waals surface area (Å²) < 4.78 is 22.8. The highest BCUT2D eigenvalue weighted by Crippen LogP contribution is 2.68.